The number of furan rings is 1. The van der Waals surface area contributed by atoms with Crippen LogP contribution in [-0.2, 0) is 0 Å². The normalized spacial score (nSPS) is 11.5. The highest BCUT2D eigenvalue weighted by atomic mass is 16.3. The quantitative estimate of drug-likeness (QED) is 0.186. The average Bonchev–Trinajstić information content (AvgIpc) is 3.50. The van der Waals surface area contributed by atoms with Crippen LogP contribution in [0.4, 0.5) is 17.1 Å². The Morgan fingerprint density at radius 2 is 1.02 bits per heavy atom. The first-order chi connectivity index (χ1) is 22.8. The van der Waals surface area contributed by atoms with E-state index in [-0.39, 0.29) is 0 Å². The standard InChI is InChI=1S/C44H29NO/c1-3-14-30(15-4-1)35-23-13-24-41(44(35)40-28-31-16-7-8-19-34(31)36-20-9-10-21-37(36)40)45(32-17-5-2-6-18-32)33-26-27-39-38-22-11-12-25-42(38)46-43(39)29-33/h1-29H. The van der Waals surface area contributed by atoms with Crippen molar-refractivity contribution in [3.05, 3.63) is 176 Å². The molecule has 0 aliphatic heterocycles. The Morgan fingerprint density at radius 1 is 0.370 bits per heavy atom. The molecule has 0 aliphatic rings. The number of rotatable bonds is 5. The first-order valence-electron chi connectivity index (χ1n) is 15.7. The fourth-order valence-corrected chi connectivity index (χ4v) is 6.99. The van der Waals surface area contributed by atoms with Gasteiger partial charge in [0.05, 0.1) is 5.69 Å². The van der Waals surface area contributed by atoms with Crippen molar-refractivity contribution in [3.8, 4) is 22.3 Å². The topological polar surface area (TPSA) is 16.4 Å². The van der Waals surface area contributed by atoms with Crippen molar-refractivity contribution in [2.45, 2.75) is 0 Å². The van der Waals surface area contributed by atoms with Crippen molar-refractivity contribution < 1.29 is 4.42 Å². The molecule has 46 heavy (non-hydrogen) atoms. The summed E-state index contributed by atoms with van der Waals surface area (Å²) in [5.74, 6) is 0. The fraction of sp³-hybridized carbons (Fsp3) is 0. The maximum atomic E-state index is 6.40. The Balaban J connectivity index is 1.39. The van der Waals surface area contributed by atoms with E-state index in [9.17, 15) is 0 Å². The predicted octanol–water partition coefficient (Wildman–Crippen LogP) is 12.7. The lowest BCUT2D eigenvalue weighted by molar-refractivity contribution is 0.669. The van der Waals surface area contributed by atoms with Crippen LogP contribution >= 0.6 is 0 Å². The van der Waals surface area contributed by atoms with E-state index in [0.29, 0.717) is 0 Å². The van der Waals surface area contributed by atoms with Crippen LogP contribution in [-0.4, -0.2) is 0 Å². The summed E-state index contributed by atoms with van der Waals surface area (Å²) in [6, 6.07) is 62.8. The first-order valence-corrected chi connectivity index (χ1v) is 15.7. The summed E-state index contributed by atoms with van der Waals surface area (Å²) in [6.07, 6.45) is 0. The molecule has 0 radical (unpaired) electrons. The van der Waals surface area contributed by atoms with Crippen LogP contribution in [0.15, 0.2) is 180 Å². The van der Waals surface area contributed by atoms with Crippen molar-refractivity contribution in [1.29, 1.82) is 0 Å². The third kappa shape index (κ3) is 4.27. The molecule has 0 saturated heterocycles. The van der Waals surface area contributed by atoms with E-state index in [1.165, 1.54) is 43.8 Å². The van der Waals surface area contributed by atoms with Crippen molar-refractivity contribution in [1.82, 2.24) is 0 Å². The Bertz CT molecular complexity index is 2530. The molecule has 9 aromatic rings. The Kier molecular flexibility index (Phi) is 6.17. The minimum Gasteiger partial charge on any atom is -0.456 e. The lowest BCUT2D eigenvalue weighted by Crippen LogP contribution is -2.11. The maximum Gasteiger partial charge on any atom is 0.137 e. The second-order valence-electron chi connectivity index (χ2n) is 11.7. The van der Waals surface area contributed by atoms with Gasteiger partial charge in [0.25, 0.3) is 0 Å². The van der Waals surface area contributed by atoms with Gasteiger partial charge in [-0.3, -0.25) is 0 Å². The number of benzene rings is 8. The van der Waals surface area contributed by atoms with E-state index in [0.717, 1.165) is 39.0 Å². The van der Waals surface area contributed by atoms with E-state index in [2.05, 4.69) is 169 Å². The van der Waals surface area contributed by atoms with E-state index < -0.39 is 0 Å². The molecule has 0 unspecified atom stereocenters. The summed E-state index contributed by atoms with van der Waals surface area (Å²) < 4.78 is 6.40. The molecule has 1 heterocycles. The summed E-state index contributed by atoms with van der Waals surface area (Å²) in [6.45, 7) is 0. The number of hydrogen-bond acceptors (Lipinski definition) is 2. The number of hydrogen-bond donors (Lipinski definition) is 0. The van der Waals surface area contributed by atoms with Gasteiger partial charge < -0.3 is 9.32 Å². The lowest BCUT2D eigenvalue weighted by Gasteiger charge is -2.29. The van der Waals surface area contributed by atoms with Crippen LogP contribution in [0.25, 0.3) is 65.7 Å². The molecule has 2 nitrogen and oxygen atoms in total. The van der Waals surface area contributed by atoms with E-state index >= 15 is 0 Å². The van der Waals surface area contributed by atoms with Gasteiger partial charge in [0.1, 0.15) is 11.2 Å². The zero-order valence-electron chi connectivity index (χ0n) is 25.1. The summed E-state index contributed by atoms with van der Waals surface area (Å²) in [5.41, 5.74) is 9.74. The molecule has 0 aliphatic carbocycles. The monoisotopic (exact) mass is 587 g/mol. The van der Waals surface area contributed by atoms with Gasteiger partial charge in [-0.05, 0) is 80.7 Å². The maximum absolute atomic E-state index is 6.40. The van der Waals surface area contributed by atoms with Crippen LogP contribution in [0.1, 0.15) is 0 Å². The Hall–Kier alpha value is -6.12. The number of fused-ring (bicyclic) bond motifs is 6. The fourth-order valence-electron chi connectivity index (χ4n) is 6.99. The Labute approximate surface area is 267 Å². The highest BCUT2D eigenvalue weighted by molar-refractivity contribution is 6.16. The number of para-hydroxylation sites is 2. The molecular weight excluding hydrogens is 558 g/mol. The molecule has 0 spiro atoms. The highest BCUT2D eigenvalue weighted by Gasteiger charge is 2.23. The molecule has 1 aromatic heterocycles. The summed E-state index contributed by atoms with van der Waals surface area (Å²) in [5, 5.41) is 7.21. The molecule has 0 fully saturated rings. The highest BCUT2D eigenvalue weighted by Crippen LogP contribution is 2.48. The summed E-state index contributed by atoms with van der Waals surface area (Å²) >= 11 is 0. The van der Waals surface area contributed by atoms with Crippen molar-refractivity contribution in [3.63, 3.8) is 0 Å². The van der Waals surface area contributed by atoms with Gasteiger partial charge in [0.15, 0.2) is 0 Å². The molecule has 8 aromatic carbocycles. The third-order valence-corrected chi connectivity index (χ3v) is 9.04. The van der Waals surface area contributed by atoms with Gasteiger partial charge in [0.2, 0.25) is 0 Å². The molecule has 216 valence electrons. The van der Waals surface area contributed by atoms with Crippen molar-refractivity contribution in [2.24, 2.45) is 0 Å². The second-order valence-corrected chi connectivity index (χ2v) is 11.7. The van der Waals surface area contributed by atoms with E-state index in [4.69, 9.17) is 4.42 Å². The van der Waals surface area contributed by atoms with E-state index in [1.54, 1.807) is 0 Å². The van der Waals surface area contributed by atoms with Gasteiger partial charge >= 0.3 is 0 Å². The molecule has 0 amide bonds. The molecule has 0 saturated carbocycles. The molecule has 0 bridgehead atoms. The number of anilines is 3. The predicted molar refractivity (Wildman–Crippen MR) is 194 cm³/mol. The SMILES string of the molecule is c1ccc(-c2cccc(N(c3ccccc3)c3ccc4c(c3)oc3ccccc34)c2-c2cc3ccccc3c3ccccc23)cc1. The first kappa shape index (κ1) is 26.3. The lowest BCUT2D eigenvalue weighted by atomic mass is 9.87. The van der Waals surface area contributed by atoms with Gasteiger partial charge in [0, 0.05) is 33.8 Å². The van der Waals surface area contributed by atoms with Gasteiger partial charge in [-0.2, -0.15) is 0 Å². The molecular formula is C44H29NO. The zero-order chi connectivity index (χ0) is 30.5. The number of nitrogens with zero attached hydrogens (tertiary/aromatic N) is 1. The van der Waals surface area contributed by atoms with Crippen LogP contribution in [0.2, 0.25) is 0 Å². The van der Waals surface area contributed by atoms with E-state index in [1.807, 2.05) is 12.1 Å². The molecule has 2 heteroatoms. The largest absolute Gasteiger partial charge is 0.456 e. The minimum atomic E-state index is 0.872. The van der Waals surface area contributed by atoms with Crippen molar-refractivity contribution in [2.75, 3.05) is 4.90 Å². The van der Waals surface area contributed by atoms with Crippen LogP contribution in [0.5, 0.6) is 0 Å². The average molecular weight is 588 g/mol. The minimum absolute atomic E-state index is 0.872. The molecule has 0 atom stereocenters. The third-order valence-electron chi connectivity index (χ3n) is 9.04. The van der Waals surface area contributed by atoms with Crippen molar-refractivity contribution >= 4 is 60.5 Å². The zero-order valence-corrected chi connectivity index (χ0v) is 25.1. The summed E-state index contributed by atoms with van der Waals surface area (Å²) in [4.78, 5) is 2.37. The van der Waals surface area contributed by atoms with Crippen LogP contribution in [0.3, 0.4) is 0 Å². The Morgan fingerprint density at radius 3 is 1.85 bits per heavy atom. The van der Waals surface area contributed by atoms with Crippen LogP contribution < -0.4 is 4.90 Å². The summed E-state index contributed by atoms with van der Waals surface area (Å²) in [7, 11) is 0. The second kappa shape index (κ2) is 10.8. The smallest absolute Gasteiger partial charge is 0.137 e. The van der Waals surface area contributed by atoms with Gasteiger partial charge in [-0.25, -0.2) is 0 Å². The molecule has 9 rings (SSSR count). The van der Waals surface area contributed by atoms with Crippen LogP contribution in [0, 0.1) is 0 Å². The van der Waals surface area contributed by atoms with Gasteiger partial charge in [-0.15, -0.1) is 0 Å². The van der Waals surface area contributed by atoms with Gasteiger partial charge in [-0.1, -0.05) is 127 Å². The molecule has 0 N–H and O–H groups in total.